The molecule has 0 spiro atoms. The number of fused-ring (bicyclic) bond motifs is 1. The van der Waals surface area contributed by atoms with E-state index >= 15 is 0 Å². The molecule has 2 heterocycles. The van der Waals surface area contributed by atoms with E-state index in [9.17, 15) is 0 Å². The van der Waals surface area contributed by atoms with Crippen molar-refractivity contribution >= 4 is 29.9 Å². The second-order valence-electron chi connectivity index (χ2n) is 5.99. The molecule has 3 rings (SSSR count). The fourth-order valence-electron chi connectivity index (χ4n) is 3.13. The van der Waals surface area contributed by atoms with Gasteiger partial charge < -0.3 is 15.4 Å². The summed E-state index contributed by atoms with van der Waals surface area (Å²) in [4.78, 5) is 9.14. The SMILES string of the molecule is I.NC(=NCCCN1CCc2ccccc2C1)N1CCOCC1. The predicted molar refractivity (Wildman–Crippen MR) is 104 cm³/mol. The summed E-state index contributed by atoms with van der Waals surface area (Å²) >= 11 is 0. The highest BCUT2D eigenvalue weighted by Gasteiger charge is 2.15. The number of halogens is 1. The Hall–Kier alpha value is -0.860. The van der Waals surface area contributed by atoms with E-state index in [4.69, 9.17) is 10.5 Å². The lowest BCUT2D eigenvalue weighted by Crippen LogP contribution is -2.44. The largest absolute Gasteiger partial charge is 0.378 e. The molecular formula is C17H27IN4O. The van der Waals surface area contributed by atoms with Gasteiger partial charge in [-0.3, -0.25) is 9.89 Å². The summed E-state index contributed by atoms with van der Waals surface area (Å²) in [5, 5.41) is 0. The summed E-state index contributed by atoms with van der Waals surface area (Å²) in [6.07, 6.45) is 2.22. The van der Waals surface area contributed by atoms with Crippen molar-refractivity contribution in [3.63, 3.8) is 0 Å². The fraction of sp³-hybridized carbons (Fsp3) is 0.588. The average Bonchev–Trinajstić information content (AvgIpc) is 2.59. The lowest BCUT2D eigenvalue weighted by atomic mass is 10.00. The van der Waals surface area contributed by atoms with Gasteiger partial charge in [0.15, 0.2) is 5.96 Å². The number of aliphatic imine (C=N–C) groups is 1. The van der Waals surface area contributed by atoms with E-state index in [0.29, 0.717) is 5.96 Å². The highest BCUT2D eigenvalue weighted by Crippen LogP contribution is 2.18. The van der Waals surface area contributed by atoms with Gasteiger partial charge in [-0.05, 0) is 24.0 Å². The summed E-state index contributed by atoms with van der Waals surface area (Å²) in [6.45, 7) is 7.34. The zero-order valence-electron chi connectivity index (χ0n) is 13.6. The van der Waals surface area contributed by atoms with Crippen LogP contribution < -0.4 is 5.73 Å². The molecule has 1 fully saturated rings. The Labute approximate surface area is 155 Å². The zero-order valence-corrected chi connectivity index (χ0v) is 15.9. The van der Waals surface area contributed by atoms with Crippen molar-refractivity contribution in [1.82, 2.24) is 9.80 Å². The summed E-state index contributed by atoms with van der Waals surface area (Å²) in [7, 11) is 0. The summed E-state index contributed by atoms with van der Waals surface area (Å²) in [5.41, 5.74) is 9.02. The topological polar surface area (TPSA) is 54.1 Å². The number of guanidine groups is 1. The summed E-state index contributed by atoms with van der Waals surface area (Å²) < 4.78 is 5.32. The van der Waals surface area contributed by atoms with E-state index in [-0.39, 0.29) is 24.0 Å². The molecule has 0 atom stereocenters. The van der Waals surface area contributed by atoms with E-state index in [0.717, 1.165) is 65.3 Å². The van der Waals surface area contributed by atoms with Crippen molar-refractivity contribution < 1.29 is 4.74 Å². The van der Waals surface area contributed by atoms with Gasteiger partial charge in [0.05, 0.1) is 13.2 Å². The van der Waals surface area contributed by atoms with Crippen LogP contribution in [-0.2, 0) is 17.7 Å². The smallest absolute Gasteiger partial charge is 0.191 e. The van der Waals surface area contributed by atoms with Crippen LogP contribution in [0.2, 0.25) is 0 Å². The van der Waals surface area contributed by atoms with E-state index < -0.39 is 0 Å². The van der Waals surface area contributed by atoms with Crippen LogP contribution in [0, 0.1) is 0 Å². The van der Waals surface area contributed by atoms with Gasteiger partial charge in [-0.2, -0.15) is 0 Å². The molecule has 128 valence electrons. The Morgan fingerprint density at radius 3 is 2.65 bits per heavy atom. The van der Waals surface area contributed by atoms with E-state index in [1.54, 1.807) is 0 Å². The fourth-order valence-corrected chi connectivity index (χ4v) is 3.13. The van der Waals surface area contributed by atoms with E-state index in [1.807, 2.05) is 0 Å². The molecule has 23 heavy (non-hydrogen) atoms. The first-order chi connectivity index (χ1) is 10.8. The zero-order chi connectivity index (χ0) is 15.2. The maximum Gasteiger partial charge on any atom is 0.191 e. The van der Waals surface area contributed by atoms with Crippen molar-refractivity contribution in [3.05, 3.63) is 35.4 Å². The van der Waals surface area contributed by atoms with Gasteiger partial charge >= 0.3 is 0 Å². The Kier molecular flexibility index (Phi) is 7.58. The first-order valence-electron chi connectivity index (χ1n) is 8.25. The first kappa shape index (κ1) is 18.5. The number of hydrogen-bond acceptors (Lipinski definition) is 3. The summed E-state index contributed by atoms with van der Waals surface area (Å²) in [5.74, 6) is 0.673. The van der Waals surface area contributed by atoms with Crippen LogP contribution in [-0.4, -0.2) is 61.7 Å². The lowest BCUT2D eigenvalue weighted by Gasteiger charge is -2.29. The van der Waals surface area contributed by atoms with E-state index in [2.05, 4.69) is 39.1 Å². The minimum Gasteiger partial charge on any atom is -0.378 e. The third kappa shape index (κ3) is 5.32. The molecule has 0 unspecified atom stereocenters. The van der Waals surface area contributed by atoms with Crippen molar-refractivity contribution in [1.29, 1.82) is 0 Å². The van der Waals surface area contributed by atoms with Crippen molar-refractivity contribution in [3.8, 4) is 0 Å². The Morgan fingerprint density at radius 1 is 1.13 bits per heavy atom. The van der Waals surface area contributed by atoms with Gasteiger partial charge in [0, 0.05) is 39.3 Å². The maximum absolute atomic E-state index is 6.04. The number of hydrogen-bond donors (Lipinski definition) is 1. The van der Waals surface area contributed by atoms with Gasteiger partial charge in [-0.25, -0.2) is 0 Å². The second kappa shape index (κ2) is 9.44. The van der Waals surface area contributed by atoms with Crippen LogP contribution in [0.25, 0.3) is 0 Å². The third-order valence-corrected chi connectivity index (χ3v) is 4.45. The normalized spacial score (nSPS) is 19.1. The third-order valence-electron chi connectivity index (χ3n) is 4.45. The molecule has 1 saturated heterocycles. The number of ether oxygens (including phenoxy) is 1. The number of benzene rings is 1. The molecule has 1 aromatic carbocycles. The molecule has 2 N–H and O–H groups in total. The van der Waals surface area contributed by atoms with Gasteiger partial charge in [-0.1, -0.05) is 24.3 Å². The molecule has 0 aromatic heterocycles. The number of morpholine rings is 1. The van der Waals surface area contributed by atoms with Gasteiger partial charge in [0.1, 0.15) is 0 Å². The van der Waals surface area contributed by atoms with E-state index in [1.165, 1.54) is 11.1 Å². The molecule has 2 aliphatic rings. The molecule has 0 radical (unpaired) electrons. The van der Waals surface area contributed by atoms with Crippen molar-refractivity contribution in [2.75, 3.05) is 45.9 Å². The van der Waals surface area contributed by atoms with Crippen LogP contribution in [0.15, 0.2) is 29.3 Å². The number of rotatable bonds is 4. The van der Waals surface area contributed by atoms with Crippen LogP contribution in [0.4, 0.5) is 0 Å². The van der Waals surface area contributed by atoms with Crippen molar-refractivity contribution in [2.45, 2.75) is 19.4 Å². The van der Waals surface area contributed by atoms with Crippen LogP contribution >= 0.6 is 24.0 Å². The highest BCUT2D eigenvalue weighted by molar-refractivity contribution is 14.0. The quantitative estimate of drug-likeness (QED) is 0.342. The molecule has 0 aliphatic carbocycles. The van der Waals surface area contributed by atoms with Crippen molar-refractivity contribution in [2.24, 2.45) is 10.7 Å². The molecule has 6 heteroatoms. The monoisotopic (exact) mass is 430 g/mol. The maximum atomic E-state index is 6.04. The molecule has 0 amide bonds. The van der Waals surface area contributed by atoms with Gasteiger partial charge in [0.25, 0.3) is 0 Å². The van der Waals surface area contributed by atoms with Gasteiger partial charge in [-0.15, -0.1) is 24.0 Å². The minimum atomic E-state index is 0. The van der Waals surface area contributed by atoms with Crippen LogP contribution in [0.1, 0.15) is 17.5 Å². The van der Waals surface area contributed by atoms with Crippen LogP contribution in [0.5, 0.6) is 0 Å². The molecule has 0 bridgehead atoms. The van der Waals surface area contributed by atoms with Gasteiger partial charge in [0.2, 0.25) is 0 Å². The second-order valence-corrected chi connectivity index (χ2v) is 5.99. The predicted octanol–water partition coefficient (Wildman–Crippen LogP) is 1.70. The molecule has 1 aromatic rings. The lowest BCUT2D eigenvalue weighted by molar-refractivity contribution is 0.0674. The Morgan fingerprint density at radius 2 is 1.87 bits per heavy atom. The molecule has 2 aliphatic heterocycles. The van der Waals surface area contributed by atoms with Crippen LogP contribution in [0.3, 0.4) is 0 Å². The summed E-state index contributed by atoms with van der Waals surface area (Å²) in [6, 6.07) is 8.77. The minimum absolute atomic E-state index is 0. The average molecular weight is 430 g/mol. The number of nitrogens with two attached hydrogens (primary N) is 1. The standard InChI is InChI=1S/C17H26N4O.HI/c18-17(21-10-12-22-13-11-21)19-7-3-8-20-9-6-15-4-1-2-5-16(15)14-20;/h1-2,4-5H,3,6-14H2,(H2,18,19);1H. The molecule has 0 saturated carbocycles. The number of nitrogens with zero attached hydrogens (tertiary/aromatic N) is 3. The Bertz CT molecular complexity index is 517. The molecule has 5 nitrogen and oxygen atoms in total. The Balaban J connectivity index is 0.00000192. The highest BCUT2D eigenvalue weighted by atomic mass is 127. The molecular weight excluding hydrogens is 403 g/mol. The first-order valence-corrected chi connectivity index (χ1v) is 8.25.